The number of benzene rings is 2. The first kappa shape index (κ1) is 16.1. The van der Waals surface area contributed by atoms with E-state index in [4.69, 9.17) is 39.6 Å². The van der Waals surface area contributed by atoms with Crippen molar-refractivity contribution in [2.75, 3.05) is 0 Å². The predicted molar refractivity (Wildman–Crippen MR) is 84.4 cm³/mol. The Balaban J connectivity index is 1.90. The number of hydroxylamine groups is 1. The Morgan fingerprint density at radius 1 is 1.14 bits per heavy atom. The van der Waals surface area contributed by atoms with Crippen LogP contribution < -0.4 is 5.48 Å². The van der Waals surface area contributed by atoms with Gasteiger partial charge in [-0.2, -0.15) is 0 Å². The maximum Gasteiger partial charge on any atom is 0.266 e. The standard InChI is InChI=1S/C15H12Cl3NO2/c16-11-6-7-12(13(17)8-11)14(18)15(20)19-21-9-10-4-2-1-3-5-10/h1-8,14H,9H2,(H,19,20). The summed E-state index contributed by atoms with van der Waals surface area (Å²) in [6, 6.07) is 14.2. The van der Waals surface area contributed by atoms with Gasteiger partial charge in [-0.15, -0.1) is 11.6 Å². The van der Waals surface area contributed by atoms with E-state index in [9.17, 15) is 4.79 Å². The summed E-state index contributed by atoms with van der Waals surface area (Å²) in [5.41, 5.74) is 3.72. The van der Waals surface area contributed by atoms with Gasteiger partial charge in [0, 0.05) is 10.0 Å². The summed E-state index contributed by atoms with van der Waals surface area (Å²) in [6.07, 6.45) is 0. The summed E-state index contributed by atoms with van der Waals surface area (Å²) < 4.78 is 0. The van der Waals surface area contributed by atoms with Crippen LogP contribution in [-0.4, -0.2) is 5.91 Å². The van der Waals surface area contributed by atoms with E-state index < -0.39 is 11.3 Å². The Morgan fingerprint density at radius 3 is 2.52 bits per heavy atom. The molecule has 2 rings (SSSR count). The topological polar surface area (TPSA) is 38.3 Å². The van der Waals surface area contributed by atoms with Crippen molar-refractivity contribution in [2.45, 2.75) is 12.0 Å². The zero-order chi connectivity index (χ0) is 15.2. The van der Waals surface area contributed by atoms with Crippen LogP contribution in [0.5, 0.6) is 0 Å². The fraction of sp³-hybridized carbons (Fsp3) is 0.133. The number of amides is 1. The van der Waals surface area contributed by atoms with Gasteiger partial charge in [0.15, 0.2) is 0 Å². The molecule has 0 bridgehead atoms. The lowest BCUT2D eigenvalue weighted by atomic mass is 10.1. The van der Waals surface area contributed by atoms with E-state index >= 15 is 0 Å². The molecule has 0 saturated heterocycles. The number of rotatable bonds is 5. The van der Waals surface area contributed by atoms with Gasteiger partial charge in [0.25, 0.3) is 5.91 Å². The first-order valence-corrected chi connectivity index (χ1v) is 7.32. The molecule has 21 heavy (non-hydrogen) atoms. The van der Waals surface area contributed by atoms with Crippen molar-refractivity contribution in [1.29, 1.82) is 0 Å². The molecule has 0 saturated carbocycles. The fourth-order valence-corrected chi connectivity index (χ4v) is 2.47. The van der Waals surface area contributed by atoms with Crippen molar-refractivity contribution >= 4 is 40.7 Å². The quantitative estimate of drug-likeness (QED) is 0.639. The fourth-order valence-electron chi connectivity index (χ4n) is 1.66. The van der Waals surface area contributed by atoms with Crippen LogP contribution in [0.2, 0.25) is 10.0 Å². The van der Waals surface area contributed by atoms with Crippen LogP contribution in [0, 0.1) is 0 Å². The molecule has 1 N–H and O–H groups in total. The van der Waals surface area contributed by atoms with Gasteiger partial charge in [0.1, 0.15) is 5.38 Å². The minimum atomic E-state index is -0.953. The van der Waals surface area contributed by atoms with Crippen molar-refractivity contribution in [2.24, 2.45) is 0 Å². The van der Waals surface area contributed by atoms with Crippen LogP contribution >= 0.6 is 34.8 Å². The largest absolute Gasteiger partial charge is 0.271 e. The number of carbonyl (C=O) groups is 1. The molecule has 0 radical (unpaired) electrons. The molecule has 2 aromatic rings. The van der Waals surface area contributed by atoms with Crippen molar-refractivity contribution in [3.63, 3.8) is 0 Å². The van der Waals surface area contributed by atoms with Crippen LogP contribution in [0.3, 0.4) is 0 Å². The molecular formula is C15H12Cl3NO2. The first-order chi connectivity index (χ1) is 10.1. The van der Waals surface area contributed by atoms with Gasteiger partial charge in [-0.25, -0.2) is 5.48 Å². The third-order valence-electron chi connectivity index (χ3n) is 2.72. The van der Waals surface area contributed by atoms with Crippen LogP contribution in [0.1, 0.15) is 16.5 Å². The summed E-state index contributed by atoms with van der Waals surface area (Å²) >= 11 is 17.9. The number of carbonyl (C=O) groups excluding carboxylic acids is 1. The molecule has 6 heteroatoms. The molecule has 0 fully saturated rings. The summed E-state index contributed by atoms with van der Waals surface area (Å²) in [5.74, 6) is -0.489. The predicted octanol–water partition coefficient (Wildman–Crippen LogP) is 4.52. The molecule has 1 atom stereocenters. The van der Waals surface area contributed by atoms with E-state index in [2.05, 4.69) is 5.48 Å². The molecule has 0 aliphatic carbocycles. The maximum absolute atomic E-state index is 11.9. The lowest BCUT2D eigenvalue weighted by Gasteiger charge is -2.12. The molecule has 2 aromatic carbocycles. The van der Waals surface area contributed by atoms with E-state index in [0.29, 0.717) is 15.6 Å². The Labute approximate surface area is 137 Å². The minimum Gasteiger partial charge on any atom is -0.271 e. The number of hydrogen-bond donors (Lipinski definition) is 1. The SMILES string of the molecule is O=C(NOCc1ccccc1)C(Cl)c1ccc(Cl)cc1Cl. The molecule has 0 aromatic heterocycles. The zero-order valence-corrected chi connectivity index (χ0v) is 13.1. The van der Waals surface area contributed by atoms with Gasteiger partial charge in [0.05, 0.1) is 6.61 Å². The molecule has 3 nitrogen and oxygen atoms in total. The highest BCUT2D eigenvalue weighted by Gasteiger charge is 2.20. The molecule has 1 unspecified atom stereocenters. The molecule has 1 amide bonds. The molecular weight excluding hydrogens is 333 g/mol. The minimum absolute atomic E-state index is 0.255. The van der Waals surface area contributed by atoms with E-state index in [1.165, 1.54) is 6.07 Å². The van der Waals surface area contributed by atoms with Gasteiger partial charge in [-0.05, 0) is 23.3 Å². The van der Waals surface area contributed by atoms with Gasteiger partial charge >= 0.3 is 0 Å². The average molecular weight is 345 g/mol. The highest BCUT2D eigenvalue weighted by molar-refractivity contribution is 6.37. The Hall–Kier alpha value is -1.26. The second kappa shape index (κ2) is 7.66. The van der Waals surface area contributed by atoms with Crippen LogP contribution in [0.25, 0.3) is 0 Å². The van der Waals surface area contributed by atoms with Gasteiger partial charge in [-0.1, -0.05) is 59.6 Å². The molecule has 0 aliphatic rings. The first-order valence-electron chi connectivity index (χ1n) is 6.12. The Morgan fingerprint density at radius 2 is 1.86 bits per heavy atom. The van der Waals surface area contributed by atoms with E-state index in [-0.39, 0.29) is 6.61 Å². The number of nitrogens with one attached hydrogen (secondary N) is 1. The van der Waals surface area contributed by atoms with Gasteiger partial charge in [-0.3, -0.25) is 9.63 Å². The number of halogens is 3. The molecule has 0 heterocycles. The smallest absolute Gasteiger partial charge is 0.266 e. The van der Waals surface area contributed by atoms with E-state index in [1.807, 2.05) is 30.3 Å². The monoisotopic (exact) mass is 343 g/mol. The lowest BCUT2D eigenvalue weighted by Crippen LogP contribution is -2.27. The van der Waals surface area contributed by atoms with E-state index in [0.717, 1.165) is 5.56 Å². The average Bonchev–Trinajstić information content (AvgIpc) is 2.47. The summed E-state index contributed by atoms with van der Waals surface area (Å²) in [4.78, 5) is 17.0. The van der Waals surface area contributed by atoms with Crippen molar-refractivity contribution < 1.29 is 9.63 Å². The second-order valence-corrected chi connectivity index (χ2v) is 5.55. The lowest BCUT2D eigenvalue weighted by molar-refractivity contribution is -0.134. The normalized spacial score (nSPS) is 12.0. The highest BCUT2D eigenvalue weighted by atomic mass is 35.5. The third-order valence-corrected chi connectivity index (χ3v) is 3.72. The Bertz CT molecular complexity index is 620. The summed E-state index contributed by atoms with van der Waals surface area (Å²) in [6.45, 7) is 0.255. The zero-order valence-electron chi connectivity index (χ0n) is 10.9. The van der Waals surface area contributed by atoms with Crippen LogP contribution in [0.15, 0.2) is 48.5 Å². The van der Waals surface area contributed by atoms with Crippen molar-refractivity contribution in [1.82, 2.24) is 5.48 Å². The van der Waals surface area contributed by atoms with E-state index in [1.54, 1.807) is 12.1 Å². The third kappa shape index (κ3) is 4.61. The number of alkyl halides is 1. The van der Waals surface area contributed by atoms with Crippen LogP contribution in [0.4, 0.5) is 0 Å². The summed E-state index contributed by atoms with van der Waals surface area (Å²) in [7, 11) is 0. The maximum atomic E-state index is 11.9. The molecule has 110 valence electrons. The van der Waals surface area contributed by atoms with Gasteiger partial charge < -0.3 is 0 Å². The highest BCUT2D eigenvalue weighted by Crippen LogP contribution is 2.30. The Kier molecular flexibility index (Phi) is 5.88. The van der Waals surface area contributed by atoms with Crippen LogP contribution in [-0.2, 0) is 16.2 Å². The molecule has 0 aliphatic heterocycles. The second-order valence-electron chi connectivity index (χ2n) is 4.27. The van der Waals surface area contributed by atoms with Crippen molar-refractivity contribution in [3.8, 4) is 0 Å². The molecule has 0 spiro atoms. The number of hydrogen-bond acceptors (Lipinski definition) is 2. The van der Waals surface area contributed by atoms with Gasteiger partial charge in [0.2, 0.25) is 0 Å². The van der Waals surface area contributed by atoms with Crippen molar-refractivity contribution in [3.05, 3.63) is 69.7 Å². The summed E-state index contributed by atoms with van der Waals surface area (Å²) in [5, 5.41) is -0.139.